The maximum absolute atomic E-state index is 4.66. The zero-order valence-corrected chi connectivity index (χ0v) is 15.1. The van der Waals surface area contributed by atoms with E-state index < -0.39 is 0 Å². The molecule has 0 amide bonds. The normalized spacial score (nSPS) is 11.8. The highest BCUT2D eigenvalue weighted by Gasteiger charge is 2.01. The van der Waals surface area contributed by atoms with Crippen LogP contribution < -0.4 is 10.6 Å². The molecule has 0 saturated heterocycles. The molecule has 3 aromatic rings. The van der Waals surface area contributed by atoms with Gasteiger partial charge in [0.25, 0.3) is 0 Å². The maximum atomic E-state index is 4.66. The number of hydrogen-bond acceptors (Lipinski definition) is 1. The molecule has 0 saturated carbocycles. The summed E-state index contributed by atoms with van der Waals surface area (Å²) in [4.78, 5) is 4.66. The van der Waals surface area contributed by atoms with Gasteiger partial charge >= 0.3 is 0 Å². The molecule has 2 aromatic heterocycles. The van der Waals surface area contributed by atoms with Crippen LogP contribution in [0, 0.1) is 0 Å². The third-order valence-electron chi connectivity index (χ3n) is 4.21. The van der Waals surface area contributed by atoms with Gasteiger partial charge in [-0.2, -0.15) is 0 Å². The predicted molar refractivity (Wildman–Crippen MR) is 105 cm³/mol. The Morgan fingerprint density at radius 1 is 1.08 bits per heavy atom. The second kappa shape index (κ2) is 8.42. The standard InChI is InChI=1S/C20H27N5/c1-3-21-20(23-15-17-9-13-24(2)16-17)22-11-6-12-25-14-10-18-7-4-5-8-19(18)25/h4-5,7-10,13-14,16H,3,6,11-12,15H2,1-2H3,(H2,21,22,23). The number of nitrogens with one attached hydrogen (secondary N) is 2. The molecule has 2 heterocycles. The van der Waals surface area contributed by atoms with Crippen molar-refractivity contribution in [2.24, 2.45) is 12.0 Å². The summed E-state index contributed by atoms with van der Waals surface area (Å²) in [7, 11) is 2.03. The highest BCUT2D eigenvalue weighted by atomic mass is 15.2. The van der Waals surface area contributed by atoms with Crippen molar-refractivity contribution in [3.63, 3.8) is 0 Å². The van der Waals surface area contributed by atoms with Gasteiger partial charge in [0.1, 0.15) is 0 Å². The lowest BCUT2D eigenvalue weighted by atomic mass is 10.2. The van der Waals surface area contributed by atoms with E-state index in [0.29, 0.717) is 6.54 Å². The molecule has 0 unspecified atom stereocenters. The molecule has 1 aromatic carbocycles. The van der Waals surface area contributed by atoms with Gasteiger partial charge in [-0.25, -0.2) is 4.99 Å². The molecule has 0 aliphatic heterocycles. The van der Waals surface area contributed by atoms with Gasteiger partial charge in [0.2, 0.25) is 0 Å². The summed E-state index contributed by atoms with van der Waals surface area (Å²) in [6.07, 6.45) is 7.37. The van der Waals surface area contributed by atoms with Gasteiger partial charge in [-0.1, -0.05) is 18.2 Å². The van der Waals surface area contributed by atoms with E-state index in [-0.39, 0.29) is 0 Å². The van der Waals surface area contributed by atoms with Crippen molar-refractivity contribution < 1.29 is 0 Å². The van der Waals surface area contributed by atoms with Crippen LogP contribution in [0.15, 0.2) is 60.0 Å². The SMILES string of the molecule is CCNC(=NCc1ccn(C)c1)NCCCn1ccc2ccccc21. The molecule has 0 aliphatic rings. The Bertz CT molecular complexity index is 827. The first-order chi connectivity index (χ1) is 12.3. The molecular weight excluding hydrogens is 310 g/mol. The minimum atomic E-state index is 0.693. The van der Waals surface area contributed by atoms with Gasteiger partial charge in [0.05, 0.1) is 6.54 Å². The van der Waals surface area contributed by atoms with E-state index >= 15 is 0 Å². The Labute approximate surface area is 149 Å². The first-order valence-electron chi connectivity index (χ1n) is 8.93. The van der Waals surface area contributed by atoms with Crippen molar-refractivity contribution in [3.8, 4) is 0 Å². The van der Waals surface area contributed by atoms with Gasteiger partial charge in [-0.15, -0.1) is 0 Å². The molecule has 0 fully saturated rings. The summed E-state index contributed by atoms with van der Waals surface area (Å²) in [6.45, 7) is 5.54. The second-order valence-electron chi connectivity index (χ2n) is 6.23. The van der Waals surface area contributed by atoms with Crippen molar-refractivity contribution >= 4 is 16.9 Å². The topological polar surface area (TPSA) is 46.3 Å². The van der Waals surface area contributed by atoms with Gasteiger partial charge in [0.15, 0.2) is 5.96 Å². The van der Waals surface area contributed by atoms with Crippen LogP contribution in [0.25, 0.3) is 10.9 Å². The molecule has 0 atom stereocenters. The number of guanidine groups is 1. The Morgan fingerprint density at radius 3 is 2.76 bits per heavy atom. The Balaban J connectivity index is 1.49. The molecule has 0 radical (unpaired) electrons. The van der Waals surface area contributed by atoms with Crippen molar-refractivity contribution in [2.75, 3.05) is 13.1 Å². The largest absolute Gasteiger partial charge is 0.357 e. The van der Waals surface area contributed by atoms with Crippen molar-refractivity contribution in [1.29, 1.82) is 0 Å². The van der Waals surface area contributed by atoms with Crippen molar-refractivity contribution in [2.45, 2.75) is 26.4 Å². The smallest absolute Gasteiger partial charge is 0.191 e. The van der Waals surface area contributed by atoms with Gasteiger partial charge in [-0.3, -0.25) is 0 Å². The molecule has 2 N–H and O–H groups in total. The first kappa shape index (κ1) is 17.1. The molecule has 5 nitrogen and oxygen atoms in total. The third kappa shape index (κ3) is 4.66. The summed E-state index contributed by atoms with van der Waals surface area (Å²) in [5.74, 6) is 0.878. The second-order valence-corrected chi connectivity index (χ2v) is 6.23. The number of para-hydroxylation sites is 1. The van der Waals surface area contributed by atoms with E-state index in [0.717, 1.165) is 32.0 Å². The minimum absolute atomic E-state index is 0.693. The van der Waals surface area contributed by atoms with Crippen molar-refractivity contribution in [1.82, 2.24) is 19.8 Å². The number of aromatic nitrogens is 2. The molecular formula is C20H27N5. The first-order valence-corrected chi connectivity index (χ1v) is 8.93. The summed E-state index contributed by atoms with van der Waals surface area (Å²) in [6, 6.07) is 12.8. The van der Waals surface area contributed by atoms with Crippen LogP contribution in [0.3, 0.4) is 0 Å². The average molecular weight is 337 g/mol. The van der Waals surface area contributed by atoms with E-state index in [2.05, 4.69) is 75.9 Å². The van der Waals surface area contributed by atoms with Gasteiger partial charge in [-0.05, 0) is 42.5 Å². The third-order valence-corrected chi connectivity index (χ3v) is 4.21. The van der Waals surface area contributed by atoms with Crippen LogP contribution >= 0.6 is 0 Å². The lowest BCUT2D eigenvalue weighted by Gasteiger charge is -2.11. The summed E-state index contributed by atoms with van der Waals surface area (Å²) in [5.41, 5.74) is 2.52. The quantitative estimate of drug-likeness (QED) is 0.395. The molecule has 0 spiro atoms. The molecule has 5 heteroatoms. The zero-order valence-electron chi connectivity index (χ0n) is 15.1. The number of benzene rings is 1. The lowest BCUT2D eigenvalue weighted by molar-refractivity contribution is 0.641. The summed E-state index contributed by atoms with van der Waals surface area (Å²) >= 11 is 0. The number of rotatable bonds is 7. The van der Waals surface area contributed by atoms with E-state index in [1.165, 1.54) is 16.5 Å². The molecule has 132 valence electrons. The highest BCUT2D eigenvalue weighted by molar-refractivity contribution is 5.80. The van der Waals surface area contributed by atoms with Gasteiger partial charge in [0, 0.05) is 50.8 Å². The molecule has 25 heavy (non-hydrogen) atoms. The molecule has 0 aliphatic carbocycles. The fourth-order valence-electron chi connectivity index (χ4n) is 2.96. The Hall–Kier alpha value is -2.69. The highest BCUT2D eigenvalue weighted by Crippen LogP contribution is 2.15. The van der Waals surface area contributed by atoms with Crippen LogP contribution in [0.1, 0.15) is 18.9 Å². The summed E-state index contributed by atoms with van der Waals surface area (Å²) in [5, 5.41) is 8.03. The predicted octanol–water partition coefficient (Wildman–Crippen LogP) is 3.13. The van der Waals surface area contributed by atoms with Gasteiger partial charge < -0.3 is 19.8 Å². The number of aliphatic imine (C=N–C) groups is 1. The molecule has 3 rings (SSSR count). The monoisotopic (exact) mass is 337 g/mol. The van der Waals surface area contributed by atoms with E-state index in [9.17, 15) is 0 Å². The van der Waals surface area contributed by atoms with Crippen LogP contribution in [-0.2, 0) is 20.1 Å². The number of aryl methyl sites for hydroxylation is 2. The Kier molecular flexibility index (Phi) is 5.77. The Morgan fingerprint density at radius 2 is 1.96 bits per heavy atom. The summed E-state index contributed by atoms with van der Waals surface area (Å²) < 4.78 is 4.36. The number of fused-ring (bicyclic) bond motifs is 1. The van der Waals surface area contributed by atoms with E-state index in [1.54, 1.807) is 0 Å². The maximum Gasteiger partial charge on any atom is 0.191 e. The minimum Gasteiger partial charge on any atom is -0.357 e. The van der Waals surface area contributed by atoms with E-state index in [4.69, 9.17) is 0 Å². The van der Waals surface area contributed by atoms with Crippen molar-refractivity contribution in [3.05, 3.63) is 60.6 Å². The fourth-order valence-corrected chi connectivity index (χ4v) is 2.96. The zero-order chi connectivity index (χ0) is 17.5. The van der Waals surface area contributed by atoms with Crippen LogP contribution in [0.4, 0.5) is 0 Å². The van der Waals surface area contributed by atoms with Crippen LogP contribution in [-0.4, -0.2) is 28.2 Å². The van der Waals surface area contributed by atoms with E-state index in [1.807, 2.05) is 17.8 Å². The van der Waals surface area contributed by atoms with Crippen LogP contribution in [0.2, 0.25) is 0 Å². The average Bonchev–Trinajstić information content (AvgIpc) is 3.22. The fraction of sp³-hybridized carbons (Fsp3) is 0.350. The lowest BCUT2D eigenvalue weighted by Crippen LogP contribution is -2.38. The molecule has 0 bridgehead atoms. The number of hydrogen-bond donors (Lipinski definition) is 2. The number of nitrogens with zero attached hydrogens (tertiary/aromatic N) is 3. The van der Waals surface area contributed by atoms with Crippen LogP contribution in [0.5, 0.6) is 0 Å².